The molecule has 2 rings (SSSR count). The van der Waals surface area contributed by atoms with Crippen molar-refractivity contribution in [2.75, 3.05) is 6.54 Å². The molecule has 2 fully saturated rings. The van der Waals surface area contributed by atoms with E-state index in [1.165, 1.54) is 6.42 Å². The molecule has 90 valence electrons. The molecule has 0 aromatic heterocycles. The van der Waals surface area contributed by atoms with Gasteiger partial charge in [-0.3, -0.25) is 4.79 Å². The molecule has 0 N–H and O–H groups in total. The Labute approximate surface area is 106 Å². The first-order chi connectivity index (χ1) is 8.19. The van der Waals surface area contributed by atoms with Crippen molar-refractivity contribution in [1.82, 2.24) is 4.90 Å². The summed E-state index contributed by atoms with van der Waals surface area (Å²) in [5.74, 6) is 1.05. The van der Waals surface area contributed by atoms with Crippen molar-refractivity contribution in [2.45, 2.75) is 25.3 Å². The molecule has 5 heteroatoms. The zero-order valence-corrected chi connectivity index (χ0v) is 10.4. The van der Waals surface area contributed by atoms with Crippen LogP contribution in [-0.4, -0.2) is 39.3 Å². The number of likely N-dealkylation sites (tertiary alicyclic amines) is 1. The highest BCUT2D eigenvalue weighted by molar-refractivity contribution is 7.80. The number of carbonyl (C=O) groups excluding carboxylic acids is 1. The molecule has 0 aromatic rings. The van der Waals surface area contributed by atoms with Crippen LogP contribution in [0.2, 0.25) is 0 Å². The molecule has 3 unspecified atom stereocenters. The lowest BCUT2D eigenvalue weighted by Gasteiger charge is -2.28. The molecular formula is C12H15N3OS. The van der Waals surface area contributed by atoms with Gasteiger partial charge in [-0.1, -0.05) is 18.3 Å². The number of hydrogen-bond acceptors (Lipinski definition) is 2. The normalized spacial score (nSPS) is 29.5. The predicted octanol–water partition coefficient (Wildman–Crippen LogP) is 1.47. The molecule has 1 saturated heterocycles. The van der Waals surface area contributed by atoms with E-state index in [0.717, 1.165) is 17.6 Å². The average molecular weight is 249 g/mol. The van der Waals surface area contributed by atoms with Gasteiger partial charge in [0.25, 0.3) is 0 Å². The first kappa shape index (κ1) is 12.1. The van der Waals surface area contributed by atoms with Crippen molar-refractivity contribution in [3.05, 3.63) is 18.2 Å². The Morgan fingerprint density at radius 1 is 1.71 bits per heavy atom. The van der Waals surface area contributed by atoms with Gasteiger partial charge >= 0.3 is 6.21 Å². The second-order valence-electron chi connectivity index (χ2n) is 4.59. The van der Waals surface area contributed by atoms with E-state index in [-0.39, 0.29) is 5.78 Å². The van der Waals surface area contributed by atoms with Gasteiger partial charge in [-0.05, 0) is 18.8 Å². The number of nitrogens with zero attached hydrogens (tertiary/aromatic N) is 3. The molecule has 0 bridgehead atoms. The van der Waals surface area contributed by atoms with E-state index in [1.54, 1.807) is 0 Å². The molecule has 1 saturated carbocycles. The van der Waals surface area contributed by atoms with Crippen LogP contribution < -0.4 is 0 Å². The molecule has 2 aliphatic rings. The number of carbonyl (C=O) groups is 1. The maximum absolute atomic E-state index is 11.3. The lowest BCUT2D eigenvalue weighted by Crippen LogP contribution is -2.37. The van der Waals surface area contributed by atoms with Gasteiger partial charge in [0.05, 0.1) is 4.99 Å². The lowest BCUT2D eigenvalue weighted by molar-refractivity contribution is -0.116. The second kappa shape index (κ2) is 4.90. The van der Waals surface area contributed by atoms with Gasteiger partial charge in [-0.15, -0.1) is 6.58 Å². The third-order valence-electron chi connectivity index (χ3n) is 3.54. The summed E-state index contributed by atoms with van der Waals surface area (Å²) in [5, 5.41) is 0. The summed E-state index contributed by atoms with van der Waals surface area (Å²) in [7, 11) is 0. The zero-order valence-electron chi connectivity index (χ0n) is 9.58. The van der Waals surface area contributed by atoms with Crippen LogP contribution in [0.25, 0.3) is 5.53 Å². The third kappa shape index (κ3) is 2.35. The first-order valence-electron chi connectivity index (χ1n) is 5.80. The predicted molar refractivity (Wildman–Crippen MR) is 68.8 cm³/mol. The van der Waals surface area contributed by atoms with E-state index in [1.807, 2.05) is 6.08 Å². The van der Waals surface area contributed by atoms with Crippen LogP contribution in [0.1, 0.15) is 19.3 Å². The van der Waals surface area contributed by atoms with Crippen molar-refractivity contribution < 1.29 is 9.58 Å². The molecule has 0 spiro atoms. The smallest absolute Gasteiger partial charge is 0.323 e. The molecule has 4 nitrogen and oxygen atoms in total. The number of hydrogen-bond donors (Lipinski definition) is 0. The monoisotopic (exact) mass is 249 g/mol. The van der Waals surface area contributed by atoms with Crippen molar-refractivity contribution in [1.29, 1.82) is 0 Å². The van der Waals surface area contributed by atoms with Crippen LogP contribution in [-0.2, 0) is 4.79 Å². The standard InChI is InChI=1S/C12H15N3OS/c1-2-3-11-9-6-10(9)12(17)15(11)5-4-8(16)7-14-13/h2,7,9-11H,1,3-6H2. The molecule has 0 radical (unpaired) electrons. The van der Waals surface area contributed by atoms with Crippen LogP contribution in [0.5, 0.6) is 0 Å². The highest BCUT2D eigenvalue weighted by Crippen LogP contribution is 2.52. The van der Waals surface area contributed by atoms with Gasteiger partial charge in [0, 0.05) is 24.9 Å². The summed E-state index contributed by atoms with van der Waals surface area (Å²) in [6, 6.07) is 0.420. The van der Waals surface area contributed by atoms with Crippen molar-refractivity contribution in [2.24, 2.45) is 11.8 Å². The third-order valence-corrected chi connectivity index (χ3v) is 4.08. The fourth-order valence-corrected chi connectivity index (χ4v) is 3.14. The van der Waals surface area contributed by atoms with Crippen LogP contribution in [0.15, 0.2) is 12.7 Å². The average Bonchev–Trinajstić information content (AvgIpc) is 3.03. The Balaban J connectivity index is 1.94. The van der Waals surface area contributed by atoms with E-state index in [0.29, 0.717) is 30.8 Å². The minimum absolute atomic E-state index is 0.173. The molecule has 1 aliphatic heterocycles. The summed E-state index contributed by atoms with van der Waals surface area (Å²) >= 11 is 5.41. The Bertz CT molecular complexity index is 414. The number of Topliss-reactive ketones (excluding diaryl/α,β-unsaturated/α-hetero) is 1. The summed E-state index contributed by atoms with van der Waals surface area (Å²) in [6.45, 7) is 4.39. The number of fused-ring (bicyclic) bond motifs is 1. The topological polar surface area (TPSA) is 56.7 Å². The Morgan fingerprint density at radius 2 is 2.47 bits per heavy atom. The number of piperidine rings is 1. The second-order valence-corrected chi connectivity index (χ2v) is 5.01. The van der Waals surface area contributed by atoms with Crippen molar-refractivity contribution >= 4 is 29.2 Å². The molecule has 1 aliphatic carbocycles. The van der Waals surface area contributed by atoms with Gasteiger partial charge < -0.3 is 10.4 Å². The molecule has 0 aromatic carbocycles. The highest BCUT2D eigenvalue weighted by atomic mass is 32.1. The Kier molecular flexibility index (Phi) is 3.50. The van der Waals surface area contributed by atoms with Gasteiger partial charge in [-0.2, -0.15) is 4.79 Å². The quantitative estimate of drug-likeness (QED) is 0.235. The van der Waals surface area contributed by atoms with Crippen molar-refractivity contribution in [3.63, 3.8) is 0 Å². The van der Waals surface area contributed by atoms with E-state index < -0.39 is 0 Å². The zero-order chi connectivity index (χ0) is 12.4. The van der Waals surface area contributed by atoms with Crippen LogP contribution in [0, 0.1) is 11.8 Å². The number of thiocarbonyl (C=S) groups is 1. The molecular weight excluding hydrogens is 234 g/mol. The molecule has 3 atom stereocenters. The van der Waals surface area contributed by atoms with Gasteiger partial charge in [-0.25, -0.2) is 0 Å². The van der Waals surface area contributed by atoms with Crippen LogP contribution in [0.3, 0.4) is 0 Å². The maximum Gasteiger partial charge on any atom is 0.323 e. The SMILES string of the molecule is C=CCC1C2CC2C(=S)N1CCC(=O)C=[N+]=[N-]. The number of rotatable bonds is 6. The summed E-state index contributed by atoms with van der Waals surface area (Å²) < 4.78 is 0. The van der Waals surface area contributed by atoms with Crippen LogP contribution >= 0.6 is 12.2 Å². The summed E-state index contributed by atoms with van der Waals surface area (Å²) in [6.07, 6.45) is 5.32. The van der Waals surface area contributed by atoms with Crippen LogP contribution in [0.4, 0.5) is 0 Å². The molecule has 0 amide bonds. The first-order valence-corrected chi connectivity index (χ1v) is 6.21. The molecule has 1 heterocycles. The van der Waals surface area contributed by atoms with E-state index in [4.69, 9.17) is 17.7 Å². The van der Waals surface area contributed by atoms with Gasteiger partial charge in [0.15, 0.2) is 0 Å². The minimum atomic E-state index is -0.173. The van der Waals surface area contributed by atoms with Crippen molar-refractivity contribution in [3.8, 4) is 0 Å². The highest BCUT2D eigenvalue weighted by Gasteiger charge is 2.55. The van der Waals surface area contributed by atoms with E-state index >= 15 is 0 Å². The Morgan fingerprint density at radius 3 is 3.12 bits per heavy atom. The number of ketones is 1. The largest absolute Gasteiger partial charge is 0.362 e. The fourth-order valence-electron chi connectivity index (χ4n) is 2.64. The lowest BCUT2D eigenvalue weighted by atomic mass is 10.1. The van der Waals surface area contributed by atoms with Gasteiger partial charge in [0.1, 0.15) is 0 Å². The van der Waals surface area contributed by atoms with E-state index in [9.17, 15) is 4.79 Å². The minimum Gasteiger partial charge on any atom is -0.362 e. The van der Waals surface area contributed by atoms with E-state index in [2.05, 4.69) is 16.3 Å². The molecule has 17 heavy (non-hydrogen) atoms. The maximum atomic E-state index is 11.3. The Hall–Kier alpha value is -1.32. The summed E-state index contributed by atoms with van der Waals surface area (Å²) in [4.78, 5) is 17.1. The van der Waals surface area contributed by atoms with Gasteiger partial charge in [0.2, 0.25) is 5.78 Å². The fraction of sp³-hybridized carbons (Fsp3) is 0.583. The summed E-state index contributed by atoms with van der Waals surface area (Å²) in [5.41, 5.74) is 8.26.